The summed E-state index contributed by atoms with van der Waals surface area (Å²) < 4.78 is 11.7. The molecule has 4 heteroatoms. The molecule has 3 aliphatic rings. The molecule has 1 unspecified atom stereocenters. The highest BCUT2D eigenvalue weighted by Gasteiger charge is 2.69. The Morgan fingerprint density at radius 2 is 1.38 bits per heavy atom. The van der Waals surface area contributed by atoms with Crippen LogP contribution >= 0.6 is 0 Å². The highest BCUT2D eigenvalue weighted by molar-refractivity contribution is 6.25. The van der Waals surface area contributed by atoms with Gasteiger partial charge in [0.2, 0.25) is 11.0 Å². The van der Waals surface area contributed by atoms with Gasteiger partial charge < -0.3 is 4.74 Å². The summed E-state index contributed by atoms with van der Waals surface area (Å²) in [5.41, 5.74) is 4.50. The Hall–Kier alpha value is -4.57. The molecule has 3 aromatic heterocycles. The average molecular weight is 433 g/mol. The van der Waals surface area contributed by atoms with Gasteiger partial charge in [-0.3, -0.25) is 4.98 Å². The smallest absolute Gasteiger partial charge is 0.425 e. The van der Waals surface area contributed by atoms with Gasteiger partial charge in [-0.2, -0.15) is 0 Å². The van der Waals surface area contributed by atoms with Crippen LogP contribution < -0.4 is 13.9 Å². The Labute approximate surface area is 192 Å². The van der Waals surface area contributed by atoms with Crippen molar-refractivity contribution < 1.29 is 13.9 Å². The van der Waals surface area contributed by atoms with Gasteiger partial charge in [0.15, 0.2) is 23.5 Å². The van der Waals surface area contributed by atoms with Gasteiger partial charge in [0.1, 0.15) is 11.5 Å². The van der Waals surface area contributed by atoms with Gasteiger partial charge in [-0.25, -0.2) is 0 Å². The van der Waals surface area contributed by atoms with E-state index in [4.69, 9.17) is 4.74 Å². The summed E-state index contributed by atoms with van der Waals surface area (Å²) in [5, 5.41) is 9.98. The van der Waals surface area contributed by atoms with E-state index >= 15 is 0 Å². The number of hydrogen-bond donors (Lipinski definition) is 0. The Bertz CT molecular complexity index is 2160. The summed E-state index contributed by atoms with van der Waals surface area (Å²) in [6, 6.07) is 24.2. The highest BCUT2D eigenvalue weighted by atomic mass is 16.5. The van der Waals surface area contributed by atoms with Gasteiger partial charge in [0.05, 0.1) is 16.2 Å². The number of aromatic nitrogens is 3. The minimum Gasteiger partial charge on any atom is -0.456 e. The number of benzene rings is 4. The third-order valence-electron chi connectivity index (χ3n) is 8.32. The van der Waals surface area contributed by atoms with Crippen LogP contribution in [0.4, 0.5) is 0 Å². The molecule has 3 aliphatic heterocycles. The van der Waals surface area contributed by atoms with Crippen LogP contribution in [0, 0.1) is 0 Å². The quantitative estimate of drug-likeness (QED) is 0.235. The lowest BCUT2D eigenvalue weighted by atomic mass is 9.85. The summed E-state index contributed by atoms with van der Waals surface area (Å²) in [7, 11) is 0. The molecule has 1 spiro atoms. The predicted molar refractivity (Wildman–Crippen MR) is 130 cm³/mol. The van der Waals surface area contributed by atoms with Crippen molar-refractivity contribution in [2.24, 2.45) is 0 Å². The van der Waals surface area contributed by atoms with Crippen LogP contribution in [0.15, 0.2) is 91.5 Å². The number of ether oxygens (including phenoxy) is 1. The molecule has 10 rings (SSSR count). The van der Waals surface area contributed by atoms with E-state index in [0.29, 0.717) is 0 Å². The molecular weight excluding hydrogens is 418 g/mol. The van der Waals surface area contributed by atoms with Crippen LogP contribution in [-0.2, 0) is 5.66 Å². The molecule has 0 radical (unpaired) electrons. The summed E-state index contributed by atoms with van der Waals surface area (Å²) >= 11 is 0. The minimum atomic E-state index is -0.516. The standard InChI is InChI=1S/C30H15N3O/c1-3-17-6-5-16-7-9-22-26-24(16)28(17)32(13-1)30(26)27-23(34-22)10-8-19-18-11-12-31-15-21(18)20-4-2-14-33(30)29(20)25(19)27/h1-15H/q+2. The van der Waals surface area contributed by atoms with Gasteiger partial charge in [0, 0.05) is 35.3 Å². The molecule has 0 saturated carbocycles. The van der Waals surface area contributed by atoms with Crippen molar-refractivity contribution in [3.63, 3.8) is 0 Å². The van der Waals surface area contributed by atoms with E-state index in [-0.39, 0.29) is 0 Å². The molecular formula is C30H15N3O+2. The van der Waals surface area contributed by atoms with Crippen molar-refractivity contribution in [2.75, 3.05) is 0 Å². The molecule has 7 aromatic rings. The fraction of sp³-hybridized carbons (Fsp3) is 0.0333. The van der Waals surface area contributed by atoms with Gasteiger partial charge >= 0.3 is 5.66 Å². The first kappa shape index (κ1) is 16.1. The van der Waals surface area contributed by atoms with Crippen LogP contribution in [0.3, 0.4) is 0 Å². The third-order valence-corrected chi connectivity index (χ3v) is 8.32. The van der Waals surface area contributed by atoms with E-state index in [1.165, 1.54) is 65.3 Å². The number of nitrogens with zero attached hydrogens (tertiary/aromatic N) is 3. The molecule has 0 saturated heterocycles. The zero-order valence-electron chi connectivity index (χ0n) is 17.9. The Balaban J connectivity index is 1.60. The Kier molecular flexibility index (Phi) is 2.30. The summed E-state index contributed by atoms with van der Waals surface area (Å²) in [5.74, 6) is 1.88. The zero-order valence-corrected chi connectivity index (χ0v) is 17.9. The lowest BCUT2D eigenvalue weighted by Crippen LogP contribution is -2.72. The number of fused-ring (bicyclic) bond motifs is 3. The van der Waals surface area contributed by atoms with Crippen LogP contribution in [-0.4, -0.2) is 4.98 Å². The number of hydrogen-bond acceptors (Lipinski definition) is 2. The van der Waals surface area contributed by atoms with E-state index in [0.717, 1.165) is 11.5 Å². The Morgan fingerprint density at radius 3 is 2.32 bits per heavy atom. The fourth-order valence-corrected chi connectivity index (χ4v) is 7.22. The minimum absolute atomic E-state index is 0.516. The van der Waals surface area contributed by atoms with E-state index in [1.54, 1.807) is 0 Å². The second-order valence-corrected chi connectivity index (χ2v) is 9.62. The predicted octanol–water partition coefficient (Wildman–Crippen LogP) is 5.45. The second-order valence-electron chi connectivity index (χ2n) is 9.62. The van der Waals surface area contributed by atoms with Gasteiger partial charge in [-0.15, -0.1) is 9.13 Å². The largest absolute Gasteiger partial charge is 0.456 e. The van der Waals surface area contributed by atoms with E-state index in [2.05, 4.69) is 93.2 Å². The molecule has 0 bridgehead atoms. The van der Waals surface area contributed by atoms with Gasteiger partial charge in [-0.05, 0) is 58.6 Å². The molecule has 154 valence electrons. The normalized spacial score (nSPS) is 18.4. The molecule has 6 heterocycles. The number of rotatable bonds is 0. The summed E-state index contributed by atoms with van der Waals surface area (Å²) in [6.45, 7) is 0. The summed E-state index contributed by atoms with van der Waals surface area (Å²) in [6.07, 6.45) is 8.40. The highest BCUT2D eigenvalue weighted by Crippen LogP contribution is 2.57. The van der Waals surface area contributed by atoms with Crippen molar-refractivity contribution in [1.29, 1.82) is 0 Å². The Morgan fingerprint density at radius 1 is 0.618 bits per heavy atom. The van der Waals surface area contributed by atoms with Crippen LogP contribution in [0.1, 0.15) is 11.1 Å². The first-order chi connectivity index (χ1) is 16.9. The monoisotopic (exact) mass is 433 g/mol. The maximum atomic E-state index is 6.68. The topological polar surface area (TPSA) is 29.9 Å². The van der Waals surface area contributed by atoms with Crippen molar-refractivity contribution in [3.05, 3.63) is 103 Å². The molecule has 4 nitrogen and oxygen atoms in total. The van der Waals surface area contributed by atoms with Gasteiger partial charge in [-0.1, -0.05) is 12.1 Å². The maximum Gasteiger partial charge on any atom is 0.425 e. The first-order valence-electron chi connectivity index (χ1n) is 11.6. The SMILES string of the molecule is c1cc2ccc3ccc4c5c3c2[n+](c1)C51c2c(ccc3c5ccncc5c5ccc[n+]1c5c23)O4. The van der Waals surface area contributed by atoms with Crippen molar-refractivity contribution >= 4 is 54.1 Å². The van der Waals surface area contributed by atoms with Crippen molar-refractivity contribution in [1.82, 2.24) is 4.98 Å². The van der Waals surface area contributed by atoms with E-state index in [9.17, 15) is 0 Å². The number of pyridine rings is 3. The van der Waals surface area contributed by atoms with E-state index in [1.807, 2.05) is 12.4 Å². The second kappa shape index (κ2) is 4.85. The molecule has 0 aliphatic carbocycles. The van der Waals surface area contributed by atoms with Crippen LogP contribution in [0.5, 0.6) is 11.5 Å². The van der Waals surface area contributed by atoms with Crippen molar-refractivity contribution in [3.8, 4) is 11.5 Å². The van der Waals surface area contributed by atoms with E-state index < -0.39 is 5.66 Å². The first-order valence-corrected chi connectivity index (χ1v) is 11.6. The molecule has 34 heavy (non-hydrogen) atoms. The van der Waals surface area contributed by atoms with Crippen LogP contribution in [0.25, 0.3) is 54.1 Å². The molecule has 0 fully saturated rings. The molecule has 1 atom stereocenters. The molecule has 0 amide bonds. The van der Waals surface area contributed by atoms with Crippen LogP contribution in [0.2, 0.25) is 0 Å². The van der Waals surface area contributed by atoms with Gasteiger partial charge in [0.25, 0.3) is 0 Å². The molecule has 0 N–H and O–H groups in total. The maximum absolute atomic E-state index is 6.68. The summed E-state index contributed by atoms with van der Waals surface area (Å²) in [4.78, 5) is 4.49. The fourth-order valence-electron chi connectivity index (χ4n) is 7.22. The lowest BCUT2D eigenvalue weighted by molar-refractivity contribution is -0.945. The lowest BCUT2D eigenvalue weighted by Gasteiger charge is -2.26. The average Bonchev–Trinajstić information content (AvgIpc) is 3.39. The zero-order chi connectivity index (χ0) is 21.8. The van der Waals surface area contributed by atoms with Crippen molar-refractivity contribution in [2.45, 2.75) is 5.66 Å². The third kappa shape index (κ3) is 1.39. The molecule has 4 aromatic carbocycles.